The summed E-state index contributed by atoms with van der Waals surface area (Å²) in [5.74, 6) is -0.108. The van der Waals surface area contributed by atoms with Crippen molar-refractivity contribution in [2.24, 2.45) is 11.5 Å². The SMILES string of the molecule is Cc1ccc([As]c2nc(NC[C@H](C)N)ncc2C(N)=O)cc1-n1nccn1. The number of carbonyl (C=O) groups is 1. The van der Waals surface area contributed by atoms with E-state index >= 15 is 0 Å². The number of primary amides is 1. The summed E-state index contributed by atoms with van der Waals surface area (Å²) < 4.78 is 1.69. The van der Waals surface area contributed by atoms with Crippen LogP contribution in [0, 0.1) is 6.92 Å². The van der Waals surface area contributed by atoms with Crippen molar-refractivity contribution in [1.82, 2.24) is 25.0 Å². The molecule has 0 aliphatic rings. The summed E-state index contributed by atoms with van der Waals surface area (Å²) in [6.45, 7) is 4.41. The van der Waals surface area contributed by atoms with E-state index in [9.17, 15) is 4.79 Å². The van der Waals surface area contributed by atoms with E-state index in [1.54, 1.807) is 17.2 Å². The van der Waals surface area contributed by atoms with Crippen LogP contribution in [0.3, 0.4) is 0 Å². The van der Waals surface area contributed by atoms with Crippen LogP contribution in [-0.4, -0.2) is 59.2 Å². The zero-order chi connectivity index (χ0) is 19.4. The average molecular weight is 427 g/mol. The number of aromatic nitrogens is 5. The number of amides is 1. The molecule has 27 heavy (non-hydrogen) atoms. The zero-order valence-electron chi connectivity index (χ0n) is 15.0. The molecule has 0 saturated carbocycles. The Hall–Kier alpha value is -2.77. The van der Waals surface area contributed by atoms with Crippen LogP contribution in [0.1, 0.15) is 22.8 Å². The second-order valence-electron chi connectivity index (χ2n) is 6.05. The van der Waals surface area contributed by atoms with E-state index in [0.29, 0.717) is 22.5 Å². The molecule has 0 unspecified atom stereocenters. The van der Waals surface area contributed by atoms with Gasteiger partial charge in [-0.2, -0.15) is 0 Å². The summed E-state index contributed by atoms with van der Waals surface area (Å²) in [5.41, 5.74) is 13.5. The van der Waals surface area contributed by atoms with Crippen molar-refractivity contribution in [3.63, 3.8) is 0 Å². The Morgan fingerprint density at radius 1 is 1.33 bits per heavy atom. The van der Waals surface area contributed by atoms with Crippen LogP contribution in [-0.2, 0) is 0 Å². The Morgan fingerprint density at radius 2 is 2.07 bits per heavy atom. The summed E-state index contributed by atoms with van der Waals surface area (Å²) >= 11 is -0.594. The number of nitrogens with two attached hydrogens (primary N) is 2. The van der Waals surface area contributed by atoms with Gasteiger partial charge in [0.15, 0.2) is 0 Å². The molecule has 10 heteroatoms. The molecule has 0 bridgehead atoms. The van der Waals surface area contributed by atoms with Gasteiger partial charge in [0.05, 0.1) is 0 Å². The third-order valence-electron chi connectivity index (χ3n) is 3.68. The van der Waals surface area contributed by atoms with E-state index < -0.39 is 21.7 Å². The number of benzene rings is 1. The van der Waals surface area contributed by atoms with Crippen molar-refractivity contribution in [2.75, 3.05) is 11.9 Å². The number of aryl methyl sites for hydroxylation is 1. The van der Waals surface area contributed by atoms with Crippen molar-refractivity contribution in [3.8, 4) is 5.69 Å². The number of hydrogen-bond acceptors (Lipinski definition) is 7. The van der Waals surface area contributed by atoms with E-state index in [4.69, 9.17) is 11.5 Å². The van der Waals surface area contributed by atoms with Crippen LogP contribution in [0.2, 0.25) is 0 Å². The van der Waals surface area contributed by atoms with Gasteiger partial charge in [0.1, 0.15) is 0 Å². The molecule has 1 aromatic carbocycles. The van der Waals surface area contributed by atoms with Crippen molar-refractivity contribution >= 4 is 36.4 Å². The maximum absolute atomic E-state index is 11.8. The van der Waals surface area contributed by atoms with E-state index in [1.165, 1.54) is 6.20 Å². The molecule has 0 spiro atoms. The molecule has 2 aromatic heterocycles. The normalized spacial score (nSPS) is 12.4. The molecule has 1 radical (unpaired) electrons. The third-order valence-corrected chi connectivity index (χ3v) is 5.96. The van der Waals surface area contributed by atoms with Gasteiger partial charge in [-0.05, 0) is 0 Å². The van der Waals surface area contributed by atoms with E-state index in [-0.39, 0.29) is 6.04 Å². The molecule has 0 aliphatic carbocycles. The van der Waals surface area contributed by atoms with Crippen molar-refractivity contribution < 1.29 is 4.79 Å². The van der Waals surface area contributed by atoms with Gasteiger partial charge in [0, 0.05) is 0 Å². The standard InChI is InChI=1S/C17H20AsN8O/c1-10-3-4-12(7-14(10)26-23-5-6-24-26)18-15-13(16(20)27)9-22-17(25-15)21-8-11(2)19/h3-7,9,11H,8,19H2,1-2H3,(H2,20,27)(H,21,22,25)/t11-/m0/s1. The van der Waals surface area contributed by atoms with E-state index in [2.05, 4.69) is 25.5 Å². The van der Waals surface area contributed by atoms with Gasteiger partial charge in [0.2, 0.25) is 0 Å². The van der Waals surface area contributed by atoms with Gasteiger partial charge in [0.25, 0.3) is 0 Å². The second kappa shape index (κ2) is 8.28. The quantitative estimate of drug-likeness (QED) is 0.406. The number of hydrogen-bond donors (Lipinski definition) is 3. The number of rotatable bonds is 7. The molecule has 139 valence electrons. The molecule has 1 amide bonds. The van der Waals surface area contributed by atoms with Gasteiger partial charge < -0.3 is 0 Å². The van der Waals surface area contributed by atoms with E-state index in [0.717, 1.165) is 15.6 Å². The zero-order valence-corrected chi connectivity index (χ0v) is 16.9. The number of carbonyl (C=O) groups excluding carboxylic acids is 1. The second-order valence-corrected chi connectivity index (χ2v) is 8.50. The predicted octanol–water partition coefficient (Wildman–Crippen LogP) is -1.12. The third kappa shape index (κ3) is 4.69. The Balaban J connectivity index is 1.93. The molecule has 2 heterocycles. The van der Waals surface area contributed by atoms with Gasteiger partial charge >= 0.3 is 163 Å². The predicted molar refractivity (Wildman–Crippen MR) is 104 cm³/mol. The molecule has 9 nitrogen and oxygen atoms in total. The summed E-state index contributed by atoms with van der Waals surface area (Å²) in [4.78, 5) is 22.0. The van der Waals surface area contributed by atoms with Gasteiger partial charge in [-0.15, -0.1) is 0 Å². The van der Waals surface area contributed by atoms with Gasteiger partial charge in [-0.1, -0.05) is 0 Å². The average Bonchev–Trinajstić information content (AvgIpc) is 3.16. The van der Waals surface area contributed by atoms with Crippen LogP contribution < -0.4 is 25.6 Å². The Bertz CT molecular complexity index is 942. The van der Waals surface area contributed by atoms with E-state index in [1.807, 2.05) is 32.0 Å². The van der Waals surface area contributed by atoms with Crippen LogP contribution in [0.5, 0.6) is 0 Å². The molecule has 3 aromatic rings. The molecule has 5 N–H and O–H groups in total. The van der Waals surface area contributed by atoms with Crippen LogP contribution in [0.15, 0.2) is 36.8 Å². The number of nitrogens with one attached hydrogen (secondary N) is 1. The molecule has 0 fully saturated rings. The maximum atomic E-state index is 11.8. The first kappa shape index (κ1) is 19.0. The molecule has 3 rings (SSSR count). The minimum absolute atomic E-state index is 0.0395. The van der Waals surface area contributed by atoms with Gasteiger partial charge in [-0.3, -0.25) is 0 Å². The molecular weight excluding hydrogens is 407 g/mol. The topological polar surface area (TPSA) is 138 Å². The Labute approximate surface area is 163 Å². The van der Waals surface area contributed by atoms with Crippen LogP contribution in [0.25, 0.3) is 5.69 Å². The van der Waals surface area contributed by atoms with Crippen molar-refractivity contribution in [2.45, 2.75) is 19.9 Å². The summed E-state index contributed by atoms with van der Waals surface area (Å²) in [6.07, 6.45) is 4.73. The minimum atomic E-state index is -0.594. The summed E-state index contributed by atoms with van der Waals surface area (Å²) in [7, 11) is 0. The first-order valence-corrected chi connectivity index (χ1v) is 10.2. The Kier molecular flexibility index (Phi) is 5.83. The van der Waals surface area contributed by atoms with Crippen molar-refractivity contribution in [1.29, 1.82) is 0 Å². The van der Waals surface area contributed by atoms with Gasteiger partial charge in [-0.25, -0.2) is 0 Å². The fraction of sp³-hybridized carbons (Fsp3) is 0.235. The molecule has 1 atom stereocenters. The van der Waals surface area contributed by atoms with Crippen LogP contribution >= 0.6 is 0 Å². The molecule has 0 aliphatic heterocycles. The molecular formula is C17H20AsN8O. The fourth-order valence-electron chi connectivity index (χ4n) is 2.31. The summed E-state index contributed by atoms with van der Waals surface area (Å²) in [6, 6.07) is 5.99. The number of anilines is 1. The Morgan fingerprint density at radius 3 is 2.74 bits per heavy atom. The van der Waals surface area contributed by atoms with Crippen LogP contribution in [0.4, 0.5) is 5.95 Å². The summed E-state index contributed by atoms with van der Waals surface area (Å²) in [5, 5.41) is 11.5. The first-order valence-electron chi connectivity index (χ1n) is 8.29. The van der Waals surface area contributed by atoms with Crippen molar-refractivity contribution in [3.05, 3.63) is 47.9 Å². The number of nitrogens with zero attached hydrogens (tertiary/aromatic N) is 5. The molecule has 0 saturated heterocycles. The monoisotopic (exact) mass is 427 g/mol. The fourth-order valence-corrected chi connectivity index (χ4v) is 4.44. The first-order chi connectivity index (χ1) is 12.9.